The lowest BCUT2D eigenvalue weighted by Crippen LogP contribution is -2.31. The number of rotatable bonds is 4. The normalized spacial score (nSPS) is 27.7. The molecule has 1 aliphatic rings. The van der Waals surface area contributed by atoms with Crippen LogP contribution in [0.5, 0.6) is 0 Å². The molecule has 2 heteroatoms. The summed E-state index contributed by atoms with van der Waals surface area (Å²) in [6.07, 6.45) is 3.98. The molecular formula is C17H27NS. The molecule has 1 aliphatic carbocycles. The highest BCUT2D eigenvalue weighted by molar-refractivity contribution is 8.00. The van der Waals surface area contributed by atoms with Gasteiger partial charge in [-0.1, -0.05) is 39.3 Å². The van der Waals surface area contributed by atoms with Crippen LogP contribution in [0.15, 0.2) is 29.2 Å². The minimum atomic E-state index is 0.616. The van der Waals surface area contributed by atoms with Gasteiger partial charge < -0.3 is 5.73 Å². The second-order valence-corrected chi connectivity index (χ2v) is 7.61. The van der Waals surface area contributed by atoms with Crippen LogP contribution >= 0.6 is 11.8 Å². The van der Waals surface area contributed by atoms with E-state index in [2.05, 4.69) is 45.0 Å². The van der Waals surface area contributed by atoms with Gasteiger partial charge in [-0.05, 0) is 54.8 Å². The molecule has 3 atom stereocenters. The molecule has 19 heavy (non-hydrogen) atoms. The molecule has 1 aromatic rings. The Kier molecular flexibility index (Phi) is 5.35. The zero-order valence-corrected chi connectivity index (χ0v) is 13.2. The Bertz CT molecular complexity index is 385. The molecule has 1 fully saturated rings. The first-order valence-electron chi connectivity index (χ1n) is 7.56. The third kappa shape index (κ3) is 4.00. The fourth-order valence-corrected chi connectivity index (χ4v) is 4.42. The van der Waals surface area contributed by atoms with Gasteiger partial charge in [0.25, 0.3) is 0 Å². The summed E-state index contributed by atoms with van der Waals surface area (Å²) < 4.78 is 0. The van der Waals surface area contributed by atoms with Crippen molar-refractivity contribution in [1.82, 2.24) is 0 Å². The predicted octanol–water partition coefficient (Wildman–Crippen LogP) is 4.67. The summed E-state index contributed by atoms with van der Waals surface area (Å²) in [5.41, 5.74) is 7.37. The standard InChI is InChI=1S/C17H27NS/c1-12(2)14-6-8-16(9-7-14)19-17-10-13(3)4-5-15(17)11-18/h6-9,12-13,15,17H,4-5,10-11,18H2,1-3H3. The number of hydrogen-bond acceptors (Lipinski definition) is 2. The summed E-state index contributed by atoms with van der Waals surface area (Å²) in [5.74, 6) is 2.17. The molecule has 1 saturated carbocycles. The molecule has 0 amide bonds. The predicted molar refractivity (Wildman–Crippen MR) is 85.7 cm³/mol. The Morgan fingerprint density at radius 3 is 2.47 bits per heavy atom. The van der Waals surface area contributed by atoms with Crippen LogP contribution in [0.25, 0.3) is 0 Å². The van der Waals surface area contributed by atoms with Gasteiger partial charge in [0.15, 0.2) is 0 Å². The van der Waals surface area contributed by atoms with E-state index < -0.39 is 0 Å². The highest BCUT2D eigenvalue weighted by atomic mass is 32.2. The number of benzene rings is 1. The minimum Gasteiger partial charge on any atom is -0.330 e. The van der Waals surface area contributed by atoms with E-state index in [1.54, 1.807) is 0 Å². The van der Waals surface area contributed by atoms with Gasteiger partial charge in [-0.15, -0.1) is 11.8 Å². The Hall–Kier alpha value is -0.470. The molecule has 1 nitrogen and oxygen atoms in total. The monoisotopic (exact) mass is 277 g/mol. The first kappa shape index (κ1) is 14.9. The first-order valence-corrected chi connectivity index (χ1v) is 8.44. The summed E-state index contributed by atoms with van der Waals surface area (Å²) in [6.45, 7) is 7.71. The van der Waals surface area contributed by atoms with Crippen molar-refractivity contribution >= 4 is 11.8 Å². The van der Waals surface area contributed by atoms with E-state index >= 15 is 0 Å². The maximum Gasteiger partial charge on any atom is 0.0137 e. The fourth-order valence-electron chi connectivity index (χ4n) is 2.91. The van der Waals surface area contributed by atoms with Gasteiger partial charge in [-0.2, -0.15) is 0 Å². The third-order valence-electron chi connectivity index (χ3n) is 4.33. The summed E-state index contributed by atoms with van der Waals surface area (Å²) in [7, 11) is 0. The minimum absolute atomic E-state index is 0.616. The van der Waals surface area contributed by atoms with Gasteiger partial charge in [-0.25, -0.2) is 0 Å². The molecule has 0 aliphatic heterocycles. The van der Waals surface area contributed by atoms with Gasteiger partial charge in [0.1, 0.15) is 0 Å². The molecule has 0 heterocycles. The highest BCUT2D eigenvalue weighted by Gasteiger charge is 2.28. The van der Waals surface area contributed by atoms with Crippen molar-refractivity contribution in [2.24, 2.45) is 17.6 Å². The Morgan fingerprint density at radius 2 is 1.89 bits per heavy atom. The Balaban J connectivity index is 2.02. The Labute approximate surface area is 122 Å². The lowest BCUT2D eigenvalue weighted by atomic mass is 9.82. The molecule has 2 rings (SSSR count). The molecule has 0 aromatic heterocycles. The van der Waals surface area contributed by atoms with Crippen LogP contribution in [0.2, 0.25) is 0 Å². The van der Waals surface area contributed by atoms with Crippen molar-refractivity contribution in [3.05, 3.63) is 29.8 Å². The largest absolute Gasteiger partial charge is 0.330 e. The van der Waals surface area contributed by atoms with Gasteiger partial charge in [0.05, 0.1) is 0 Å². The van der Waals surface area contributed by atoms with E-state index in [1.165, 1.54) is 29.7 Å². The van der Waals surface area contributed by atoms with Gasteiger partial charge in [-0.3, -0.25) is 0 Å². The Morgan fingerprint density at radius 1 is 1.21 bits per heavy atom. The molecule has 3 unspecified atom stereocenters. The van der Waals surface area contributed by atoms with Crippen molar-refractivity contribution in [3.63, 3.8) is 0 Å². The third-order valence-corrected chi connectivity index (χ3v) is 5.75. The zero-order chi connectivity index (χ0) is 13.8. The summed E-state index contributed by atoms with van der Waals surface area (Å²) in [5, 5.41) is 0.707. The number of nitrogens with two attached hydrogens (primary N) is 1. The molecule has 0 radical (unpaired) electrons. The fraction of sp³-hybridized carbons (Fsp3) is 0.647. The second kappa shape index (κ2) is 6.81. The van der Waals surface area contributed by atoms with Crippen LogP contribution in [0.1, 0.15) is 51.5 Å². The van der Waals surface area contributed by atoms with E-state index in [1.807, 2.05) is 11.8 Å². The quantitative estimate of drug-likeness (QED) is 0.865. The van der Waals surface area contributed by atoms with Crippen LogP contribution in [0.3, 0.4) is 0 Å². The van der Waals surface area contributed by atoms with Crippen LogP contribution in [0, 0.1) is 11.8 Å². The topological polar surface area (TPSA) is 26.0 Å². The van der Waals surface area contributed by atoms with Crippen LogP contribution in [-0.4, -0.2) is 11.8 Å². The molecule has 0 bridgehead atoms. The maximum atomic E-state index is 5.94. The molecule has 0 saturated heterocycles. The molecule has 2 N–H and O–H groups in total. The van der Waals surface area contributed by atoms with Crippen LogP contribution in [0.4, 0.5) is 0 Å². The van der Waals surface area contributed by atoms with E-state index in [9.17, 15) is 0 Å². The zero-order valence-electron chi connectivity index (χ0n) is 12.4. The average molecular weight is 277 g/mol. The highest BCUT2D eigenvalue weighted by Crippen LogP contribution is 2.39. The smallest absolute Gasteiger partial charge is 0.0137 e. The first-order chi connectivity index (χ1) is 9.10. The molecular weight excluding hydrogens is 250 g/mol. The summed E-state index contributed by atoms with van der Waals surface area (Å²) in [6, 6.07) is 9.12. The van der Waals surface area contributed by atoms with Crippen LogP contribution in [-0.2, 0) is 0 Å². The average Bonchev–Trinajstić information content (AvgIpc) is 2.39. The number of thioether (sulfide) groups is 1. The van der Waals surface area contributed by atoms with Crippen molar-refractivity contribution in [1.29, 1.82) is 0 Å². The van der Waals surface area contributed by atoms with E-state index in [0.717, 1.165) is 12.5 Å². The lowest BCUT2D eigenvalue weighted by molar-refractivity contribution is 0.306. The van der Waals surface area contributed by atoms with Crippen molar-refractivity contribution < 1.29 is 0 Å². The van der Waals surface area contributed by atoms with Crippen molar-refractivity contribution in [2.75, 3.05) is 6.54 Å². The number of hydrogen-bond donors (Lipinski definition) is 1. The maximum absolute atomic E-state index is 5.94. The van der Waals surface area contributed by atoms with Gasteiger partial charge >= 0.3 is 0 Å². The second-order valence-electron chi connectivity index (χ2n) is 6.29. The molecule has 1 aromatic carbocycles. The molecule has 0 spiro atoms. The van der Waals surface area contributed by atoms with Gasteiger partial charge in [0.2, 0.25) is 0 Å². The van der Waals surface area contributed by atoms with Gasteiger partial charge in [0, 0.05) is 10.1 Å². The van der Waals surface area contributed by atoms with Crippen molar-refractivity contribution in [3.8, 4) is 0 Å². The van der Waals surface area contributed by atoms with E-state index in [4.69, 9.17) is 5.73 Å². The van der Waals surface area contributed by atoms with E-state index in [0.29, 0.717) is 17.1 Å². The van der Waals surface area contributed by atoms with E-state index in [-0.39, 0.29) is 0 Å². The molecule has 106 valence electrons. The summed E-state index contributed by atoms with van der Waals surface area (Å²) >= 11 is 2.04. The van der Waals surface area contributed by atoms with Crippen LogP contribution < -0.4 is 5.73 Å². The SMILES string of the molecule is CC1CCC(CN)C(Sc2ccc(C(C)C)cc2)C1. The summed E-state index contributed by atoms with van der Waals surface area (Å²) in [4.78, 5) is 1.40. The van der Waals surface area contributed by atoms with Crippen molar-refractivity contribution in [2.45, 2.75) is 56.1 Å². The lowest BCUT2D eigenvalue weighted by Gasteiger charge is -2.33.